The quantitative estimate of drug-likeness (QED) is 0.842. The van der Waals surface area contributed by atoms with Crippen molar-refractivity contribution in [1.82, 2.24) is 4.98 Å². The lowest BCUT2D eigenvalue weighted by Gasteiger charge is -2.10. The molecule has 2 aromatic rings. The molecule has 0 radical (unpaired) electrons. The number of pyridine rings is 1. The first kappa shape index (κ1) is 12.4. The number of para-hydroxylation sites is 1. The molecule has 17 heavy (non-hydrogen) atoms. The molecular weight excluding hydrogens is 230 g/mol. The molecule has 0 amide bonds. The molecule has 1 N–H and O–H groups in total. The Kier molecular flexibility index (Phi) is 4.02. The van der Waals surface area contributed by atoms with Gasteiger partial charge in [0.15, 0.2) is 0 Å². The topological polar surface area (TPSA) is 33.1 Å². The first-order valence-electron chi connectivity index (χ1n) is 5.80. The van der Waals surface area contributed by atoms with E-state index >= 15 is 0 Å². The molecule has 90 valence electrons. The molecule has 0 aliphatic rings. The predicted octanol–water partition coefficient (Wildman–Crippen LogP) is 3.26. The fourth-order valence-corrected chi connectivity index (χ4v) is 2.82. The highest BCUT2D eigenvalue weighted by molar-refractivity contribution is 7.99. The Labute approximate surface area is 106 Å². The van der Waals surface area contributed by atoms with Gasteiger partial charge in [-0.25, -0.2) is 0 Å². The smallest absolute Gasteiger partial charge is 0.0716 e. The van der Waals surface area contributed by atoms with Crippen molar-refractivity contribution >= 4 is 22.7 Å². The van der Waals surface area contributed by atoms with E-state index in [9.17, 15) is 0 Å². The zero-order valence-electron chi connectivity index (χ0n) is 10.2. The monoisotopic (exact) mass is 247 g/mol. The van der Waals surface area contributed by atoms with Crippen LogP contribution in [0.3, 0.4) is 0 Å². The van der Waals surface area contributed by atoms with Crippen LogP contribution in [0.2, 0.25) is 0 Å². The molecule has 1 aromatic heterocycles. The summed E-state index contributed by atoms with van der Waals surface area (Å²) in [6.45, 7) is 4.32. The maximum absolute atomic E-state index is 9.05. The van der Waals surface area contributed by atoms with Gasteiger partial charge in [-0.1, -0.05) is 25.1 Å². The minimum Gasteiger partial charge on any atom is -0.396 e. The fourth-order valence-electron chi connectivity index (χ4n) is 1.67. The van der Waals surface area contributed by atoms with Crippen molar-refractivity contribution in [3.05, 3.63) is 36.0 Å². The van der Waals surface area contributed by atoms with E-state index in [0.717, 1.165) is 17.0 Å². The SMILES string of the molecule is Cc1cc(SCC(C)CO)c2ccccc2n1. The summed E-state index contributed by atoms with van der Waals surface area (Å²) in [7, 11) is 0. The molecule has 2 nitrogen and oxygen atoms in total. The van der Waals surface area contributed by atoms with Crippen LogP contribution in [0.25, 0.3) is 10.9 Å². The number of aromatic nitrogens is 1. The lowest BCUT2D eigenvalue weighted by Crippen LogP contribution is -2.03. The summed E-state index contributed by atoms with van der Waals surface area (Å²) in [4.78, 5) is 5.78. The van der Waals surface area contributed by atoms with Gasteiger partial charge in [-0.15, -0.1) is 11.8 Å². The molecule has 2 rings (SSSR count). The van der Waals surface area contributed by atoms with Crippen LogP contribution in [0, 0.1) is 12.8 Å². The zero-order valence-corrected chi connectivity index (χ0v) is 11.0. The first-order chi connectivity index (χ1) is 8.20. The molecule has 0 aliphatic carbocycles. The van der Waals surface area contributed by atoms with Crippen molar-refractivity contribution in [2.24, 2.45) is 5.92 Å². The normalized spacial score (nSPS) is 12.9. The molecule has 1 heterocycles. The molecule has 0 spiro atoms. The standard InChI is InChI=1S/C14H17NOS/c1-10(8-16)9-17-14-7-11(2)15-13-6-4-3-5-12(13)14/h3-7,10,16H,8-9H2,1-2H3. The second-order valence-corrected chi connectivity index (χ2v) is 5.44. The Morgan fingerprint density at radius 3 is 2.88 bits per heavy atom. The summed E-state index contributed by atoms with van der Waals surface area (Å²) in [6.07, 6.45) is 0. The van der Waals surface area contributed by atoms with Crippen LogP contribution < -0.4 is 0 Å². The fraction of sp³-hybridized carbons (Fsp3) is 0.357. The maximum atomic E-state index is 9.05. The molecule has 1 unspecified atom stereocenters. The summed E-state index contributed by atoms with van der Waals surface area (Å²) < 4.78 is 0. The number of benzene rings is 1. The van der Waals surface area contributed by atoms with E-state index in [2.05, 4.69) is 24.0 Å². The molecule has 0 bridgehead atoms. The van der Waals surface area contributed by atoms with Gasteiger partial charge in [-0.3, -0.25) is 4.98 Å². The van der Waals surface area contributed by atoms with Gasteiger partial charge in [0.05, 0.1) is 5.52 Å². The number of rotatable bonds is 4. The van der Waals surface area contributed by atoms with E-state index < -0.39 is 0 Å². The molecule has 0 saturated heterocycles. The third-order valence-corrected chi connectivity index (χ3v) is 4.03. The summed E-state index contributed by atoms with van der Waals surface area (Å²) in [5.41, 5.74) is 2.09. The largest absolute Gasteiger partial charge is 0.396 e. The van der Waals surface area contributed by atoms with Crippen molar-refractivity contribution in [2.45, 2.75) is 18.7 Å². The molecule has 0 fully saturated rings. The summed E-state index contributed by atoms with van der Waals surface area (Å²) in [5.74, 6) is 1.26. The molecule has 0 saturated carbocycles. The average Bonchev–Trinajstić information content (AvgIpc) is 2.35. The third kappa shape index (κ3) is 2.99. The molecule has 0 aliphatic heterocycles. The first-order valence-corrected chi connectivity index (χ1v) is 6.79. The van der Waals surface area contributed by atoms with E-state index in [1.54, 1.807) is 11.8 Å². The minimum absolute atomic E-state index is 0.245. The highest BCUT2D eigenvalue weighted by Crippen LogP contribution is 2.28. The van der Waals surface area contributed by atoms with Gasteiger partial charge >= 0.3 is 0 Å². The minimum atomic E-state index is 0.245. The van der Waals surface area contributed by atoms with Gasteiger partial charge in [0.2, 0.25) is 0 Å². The number of aryl methyl sites for hydroxylation is 1. The highest BCUT2D eigenvalue weighted by atomic mass is 32.2. The number of thioether (sulfide) groups is 1. The lowest BCUT2D eigenvalue weighted by molar-refractivity contribution is 0.250. The van der Waals surface area contributed by atoms with Crippen LogP contribution in [0.4, 0.5) is 0 Å². The van der Waals surface area contributed by atoms with E-state index in [1.807, 2.05) is 25.1 Å². The van der Waals surface area contributed by atoms with E-state index in [1.165, 1.54) is 10.3 Å². The second kappa shape index (κ2) is 5.52. The number of hydrogen-bond acceptors (Lipinski definition) is 3. The van der Waals surface area contributed by atoms with Crippen LogP contribution >= 0.6 is 11.8 Å². The van der Waals surface area contributed by atoms with Crippen LogP contribution in [-0.4, -0.2) is 22.5 Å². The number of hydrogen-bond donors (Lipinski definition) is 1. The number of aliphatic hydroxyl groups is 1. The predicted molar refractivity (Wildman–Crippen MR) is 73.5 cm³/mol. The van der Waals surface area contributed by atoms with E-state index in [4.69, 9.17) is 5.11 Å². The van der Waals surface area contributed by atoms with Gasteiger partial charge in [0, 0.05) is 28.3 Å². The van der Waals surface area contributed by atoms with Crippen LogP contribution in [-0.2, 0) is 0 Å². The summed E-state index contributed by atoms with van der Waals surface area (Å²) in [5, 5.41) is 10.3. The van der Waals surface area contributed by atoms with Crippen LogP contribution in [0.15, 0.2) is 35.2 Å². The third-order valence-electron chi connectivity index (χ3n) is 2.64. The Morgan fingerprint density at radius 1 is 1.35 bits per heavy atom. The van der Waals surface area contributed by atoms with E-state index in [-0.39, 0.29) is 6.61 Å². The van der Waals surface area contributed by atoms with Crippen LogP contribution in [0.1, 0.15) is 12.6 Å². The van der Waals surface area contributed by atoms with Gasteiger partial charge in [-0.05, 0) is 25.0 Å². The molecular formula is C14H17NOS. The average molecular weight is 247 g/mol. The Morgan fingerprint density at radius 2 is 2.12 bits per heavy atom. The van der Waals surface area contributed by atoms with Crippen molar-refractivity contribution in [3.8, 4) is 0 Å². The van der Waals surface area contributed by atoms with Gasteiger partial charge in [-0.2, -0.15) is 0 Å². The van der Waals surface area contributed by atoms with Crippen LogP contribution in [0.5, 0.6) is 0 Å². The Bertz CT molecular complexity index is 513. The summed E-state index contributed by atoms with van der Waals surface area (Å²) in [6, 6.07) is 10.3. The number of nitrogens with zero attached hydrogens (tertiary/aromatic N) is 1. The summed E-state index contributed by atoms with van der Waals surface area (Å²) >= 11 is 1.80. The van der Waals surface area contributed by atoms with Crippen molar-refractivity contribution in [2.75, 3.05) is 12.4 Å². The van der Waals surface area contributed by atoms with Crippen molar-refractivity contribution in [3.63, 3.8) is 0 Å². The van der Waals surface area contributed by atoms with Gasteiger partial charge in [0.25, 0.3) is 0 Å². The number of fused-ring (bicyclic) bond motifs is 1. The molecule has 1 atom stereocenters. The lowest BCUT2D eigenvalue weighted by atomic mass is 10.2. The highest BCUT2D eigenvalue weighted by Gasteiger charge is 2.06. The second-order valence-electron chi connectivity index (χ2n) is 4.38. The van der Waals surface area contributed by atoms with Gasteiger partial charge in [0.1, 0.15) is 0 Å². The maximum Gasteiger partial charge on any atom is 0.0716 e. The van der Waals surface area contributed by atoms with E-state index in [0.29, 0.717) is 5.92 Å². The number of aliphatic hydroxyl groups excluding tert-OH is 1. The Balaban J connectivity index is 2.32. The Hall–Kier alpha value is -1.06. The zero-order chi connectivity index (χ0) is 12.3. The van der Waals surface area contributed by atoms with Crippen molar-refractivity contribution < 1.29 is 5.11 Å². The molecule has 3 heteroatoms. The molecule has 1 aromatic carbocycles. The van der Waals surface area contributed by atoms with Crippen molar-refractivity contribution in [1.29, 1.82) is 0 Å². The van der Waals surface area contributed by atoms with Gasteiger partial charge < -0.3 is 5.11 Å².